The normalized spacial score (nSPS) is 22.5. The molecule has 58 heavy (non-hydrogen) atoms. The van der Waals surface area contributed by atoms with Crippen LogP contribution in [0.3, 0.4) is 0 Å². The summed E-state index contributed by atoms with van der Waals surface area (Å²) in [5.74, 6) is -0.159. The number of hydrogen-bond acceptors (Lipinski definition) is 9. The Balaban J connectivity index is 1.10. The number of hydrogen-bond donors (Lipinski definition) is 1. The van der Waals surface area contributed by atoms with Gasteiger partial charge in [-0.05, 0) is 79.7 Å². The van der Waals surface area contributed by atoms with E-state index in [1.807, 2.05) is 91.9 Å². The average Bonchev–Trinajstić information content (AvgIpc) is 3.86. The summed E-state index contributed by atoms with van der Waals surface area (Å²) >= 11 is 0. The lowest BCUT2D eigenvalue weighted by atomic mass is 9.82. The lowest BCUT2D eigenvalue weighted by Crippen LogP contribution is -2.45. The number of rotatable bonds is 10. The van der Waals surface area contributed by atoms with Gasteiger partial charge in [-0.2, -0.15) is 0 Å². The van der Waals surface area contributed by atoms with Crippen LogP contribution < -0.4 is 24.2 Å². The number of ether oxygens (including phenoxy) is 3. The van der Waals surface area contributed by atoms with Crippen LogP contribution in [0.15, 0.2) is 97.2 Å². The minimum absolute atomic E-state index is 0.0535. The lowest BCUT2D eigenvalue weighted by molar-refractivity contribution is -0.146. The summed E-state index contributed by atoms with van der Waals surface area (Å²) in [6.45, 7) is 5.50. The number of benzene rings is 4. The Morgan fingerprint density at radius 3 is 2.10 bits per heavy atom. The van der Waals surface area contributed by atoms with Gasteiger partial charge in [-0.25, -0.2) is 0 Å². The van der Waals surface area contributed by atoms with E-state index in [1.165, 1.54) is 0 Å². The zero-order chi connectivity index (χ0) is 40.3. The largest absolute Gasteiger partial charge is 0.482 e. The van der Waals surface area contributed by atoms with Crippen molar-refractivity contribution in [2.24, 2.45) is 5.92 Å². The second kappa shape index (κ2) is 14.5. The number of aryl methyl sites for hydroxylation is 1. The van der Waals surface area contributed by atoms with Gasteiger partial charge in [-0.1, -0.05) is 48.5 Å². The van der Waals surface area contributed by atoms with Gasteiger partial charge in [0, 0.05) is 54.2 Å². The van der Waals surface area contributed by atoms with E-state index in [0.29, 0.717) is 70.6 Å². The van der Waals surface area contributed by atoms with E-state index >= 15 is 8.90 Å². The third-order valence-electron chi connectivity index (χ3n) is 11.7. The number of aromatic nitrogens is 3. The number of amides is 3. The van der Waals surface area contributed by atoms with Crippen LogP contribution in [-0.4, -0.2) is 72.2 Å². The number of aliphatic hydroxyl groups is 1. The van der Waals surface area contributed by atoms with Crippen molar-refractivity contribution < 1.29 is 37.8 Å². The molecule has 298 valence electrons. The zero-order valence-corrected chi connectivity index (χ0v) is 33.4. The maximum absolute atomic E-state index is 16.7. The highest BCUT2D eigenvalue weighted by Crippen LogP contribution is 2.61. The maximum Gasteiger partial charge on any atom is 0.269 e. The minimum atomic E-state index is -3.49. The standard InChI is InChI=1S/C43H43FN6O7Si/c1-27-41(58(2,3)44)38(18-20-47-24-29(19-21-51)45-46-47)57-43(27)32-22-31(50-35-9-5-7-11-37(35)56-26-40(50)53)16-17-33(32)48(42(43)54)23-28-12-14-30(15-13-28)49-34-8-4-6-10-36(34)55-25-39(49)52/h4-17,22,24,27,38,41,51H,18-21,23,25-26H2,1-3H3/t27-,38+,41-,43+/m1/s1. The van der Waals surface area contributed by atoms with Crippen molar-refractivity contribution in [3.63, 3.8) is 0 Å². The second-order valence-electron chi connectivity index (χ2n) is 15.7. The van der Waals surface area contributed by atoms with E-state index < -0.39 is 31.6 Å². The molecule has 1 aromatic heterocycles. The second-order valence-corrected chi connectivity index (χ2v) is 19.5. The molecule has 15 heteroatoms. The van der Waals surface area contributed by atoms with Crippen molar-refractivity contribution in [1.82, 2.24) is 15.0 Å². The van der Waals surface area contributed by atoms with Crippen LogP contribution in [0.5, 0.6) is 11.5 Å². The fourth-order valence-electron chi connectivity index (χ4n) is 9.24. The average molecular weight is 803 g/mol. The maximum atomic E-state index is 16.7. The Morgan fingerprint density at radius 2 is 1.47 bits per heavy atom. The third kappa shape index (κ3) is 6.24. The molecular weight excluding hydrogens is 760 g/mol. The molecule has 4 aliphatic heterocycles. The molecule has 1 saturated heterocycles. The van der Waals surface area contributed by atoms with Crippen LogP contribution in [0.4, 0.5) is 32.5 Å². The van der Waals surface area contributed by atoms with Gasteiger partial charge in [0.15, 0.2) is 18.8 Å². The van der Waals surface area contributed by atoms with E-state index in [2.05, 4.69) is 10.3 Å². The molecule has 4 aliphatic rings. The van der Waals surface area contributed by atoms with Crippen LogP contribution >= 0.6 is 0 Å². The number of nitrogens with zero attached hydrogens (tertiary/aromatic N) is 6. The monoisotopic (exact) mass is 802 g/mol. The molecule has 4 aromatic carbocycles. The molecule has 1 fully saturated rings. The van der Waals surface area contributed by atoms with Crippen LogP contribution in [0.2, 0.25) is 18.6 Å². The zero-order valence-electron chi connectivity index (χ0n) is 32.4. The molecule has 13 nitrogen and oxygen atoms in total. The molecule has 9 rings (SSSR count). The van der Waals surface area contributed by atoms with Crippen LogP contribution in [0.1, 0.15) is 30.2 Å². The van der Waals surface area contributed by atoms with Crippen molar-refractivity contribution in [2.75, 3.05) is 34.5 Å². The number of carbonyl (C=O) groups is 3. The summed E-state index contributed by atoms with van der Waals surface area (Å²) in [6.07, 6.45) is 1.87. The topological polar surface area (TPSA) is 140 Å². The van der Waals surface area contributed by atoms with E-state index in [0.717, 1.165) is 5.56 Å². The van der Waals surface area contributed by atoms with Crippen molar-refractivity contribution in [3.05, 3.63) is 114 Å². The molecule has 3 amide bonds. The predicted molar refractivity (Wildman–Crippen MR) is 216 cm³/mol. The Labute approximate surface area is 335 Å². The Bertz CT molecular complexity index is 2420. The minimum Gasteiger partial charge on any atom is -0.482 e. The highest BCUT2D eigenvalue weighted by molar-refractivity contribution is 6.72. The summed E-state index contributed by atoms with van der Waals surface area (Å²) in [4.78, 5) is 46.8. The number of anilines is 5. The van der Waals surface area contributed by atoms with Gasteiger partial charge in [0.25, 0.3) is 17.7 Å². The number of halogens is 1. The van der Waals surface area contributed by atoms with Crippen molar-refractivity contribution >= 4 is 54.6 Å². The Morgan fingerprint density at radius 1 is 0.845 bits per heavy atom. The molecule has 5 aromatic rings. The highest BCUT2D eigenvalue weighted by Gasteiger charge is 2.66. The van der Waals surface area contributed by atoms with Gasteiger partial charge in [0.1, 0.15) is 11.5 Å². The van der Waals surface area contributed by atoms with Crippen LogP contribution in [0, 0.1) is 5.92 Å². The molecule has 0 radical (unpaired) electrons. The van der Waals surface area contributed by atoms with Gasteiger partial charge in [-0.3, -0.25) is 28.9 Å². The highest BCUT2D eigenvalue weighted by atomic mass is 28.4. The fraction of sp³-hybridized carbons (Fsp3) is 0.326. The summed E-state index contributed by atoms with van der Waals surface area (Å²) in [6, 6.07) is 27.7. The molecule has 1 N–H and O–H groups in total. The first-order valence-electron chi connectivity index (χ1n) is 19.5. The molecular formula is C43H43FN6O7Si. The first kappa shape index (κ1) is 37.7. The van der Waals surface area contributed by atoms with E-state index in [9.17, 15) is 14.7 Å². The first-order chi connectivity index (χ1) is 28.0. The summed E-state index contributed by atoms with van der Waals surface area (Å²) in [7, 11) is -3.49. The summed E-state index contributed by atoms with van der Waals surface area (Å²) in [5, 5.41) is 17.7. The Kier molecular flexibility index (Phi) is 9.40. The summed E-state index contributed by atoms with van der Waals surface area (Å²) < 4.78 is 36.8. The van der Waals surface area contributed by atoms with Crippen molar-refractivity contribution in [2.45, 2.75) is 63.2 Å². The number of carbonyl (C=O) groups excluding carboxylic acids is 3. The Hall–Kier alpha value is -5.90. The number of aliphatic hydroxyl groups excluding tert-OH is 1. The quantitative estimate of drug-likeness (QED) is 0.127. The van der Waals surface area contributed by atoms with E-state index in [1.54, 1.807) is 44.7 Å². The third-order valence-corrected chi connectivity index (χ3v) is 14.2. The predicted octanol–water partition coefficient (Wildman–Crippen LogP) is 6.34. The number of para-hydroxylation sites is 4. The van der Waals surface area contributed by atoms with Crippen LogP contribution in [-0.2, 0) is 44.2 Å². The van der Waals surface area contributed by atoms with Crippen molar-refractivity contribution in [1.29, 1.82) is 0 Å². The summed E-state index contributed by atoms with van der Waals surface area (Å²) in [5.41, 5.74) is 2.96. The smallest absolute Gasteiger partial charge is 0.269 e. The van der Waals surface area contributed by atoms with Crippen molar-refractivity contribution in [3.8, 4) is 11.5 Å². The van der Waals surface area contributed by atoms with Crippen LogP contribution in [0.25, 0.3) is 0 Å². The molecule has 0 aliphatic carbocycles. The fourth-order valence-corrected chi connectivity index (χ4v) is 11.8. The van der Waals surface area contributed by atoms with Gasteiger partial charge in [-0.15, -0.1) is 5.10 Å². The van der Waals surface area contributed by atoms with Gasteiger partial charge >= 0.3 is 0 Å². The molecule has 0 bridgehead atoms. The van der Waals surface area contributed by atoms with E-state index in [-0.39, 0.29) is 44.1 Å². The van der Waals surface area contributed by atoms with E-state index in [4.69, 9.17) is 14.2 Å². The van der Waals surface area contributed by atoms with Gasteiger partial charge in [0.2, 0.25) is 8.41 Å². The molecule has 0 unspecified atom stereocenters. The first-order valence-corrected chi connectivity index (χ1v) is 22.4. The SMILES string of the molecule is C[C@@H]1[C@@H]([Si](C)(C)F)[C@H](CCn2cc(CCO)nn2)O[C@@]12C(=O)N(Cc1ccc(N3C(=O)COc4ccccc43)cc1)c1ccc(N3C(=O)COc4ccccc43)cc12. The molecule has 1 spiro atoms. The molecule has 0 saturated carbocycles. The molecule has 5 heterocycles. The van der Waals surface area contributed by atoms with Gasteiger partial charge in [0.05, 0.1) is 35.4 Å². The molecule has 4 atom stereocenters. The number of fused-ring (bicyclic) bond motifs is 4. The lowest BCUT2D eigenvalue weighted by Gasteiger charge is -2.32. The van der Waals surface area contributed by atoms with Gasteiger partial charge < -0.3 is 28.3 Å².